The van der Waals surface area contributed by atoms with Crippen LogP contribution in [0, 0.1) is 0 Å². The summed E-state index contributed by atoms with van der Waals surface area (Å²) in [5, 5.41) is 0.398. The molecule has 0 aliphatic carbocycles. The smallest absolute Gasteiger partial charge is 0.350 e. The Labute approximate surface area is 116 Å². The second-order valence-electron chi connectivity index (χ2n) is 4.48. The SMILES string of the molecule is CC(C)c1nc(N)sc1C(=O)OCc1ccccc1. The number of hydrogen-bond donors (Lipinski definition) is 1. The summed E-state index contributed by atoms with van der Waals surface area (Å²) in [5.41, 5.74) is 7.33. The van der Waals surface area contributed by atoms with Gasteiger partial charge in [0, 0.05) is 0 Å². The molecule has 0 bridgehead atoms. The van der Waals surface area contributed by atoms with Crippen molar-refractivity contribution in [2.45, 2.75) is 26.4 Å². The van der Waals surface area contributed by atoms with Crippen LogP contribution in [0.3, 0.4) is 0 Å². The van der Waals surface area contributed by atoms with Gasteiger partial charge < -0.3 is 10.5 Å². The second kappa shape index (κ2) is 5.84. The number of ether oxygens (including phenoxy) is 1. The van der Waals surface area contributed by atoms with Crippen molar-refractivity contribution in [3.63, 3.8) is 0 Å². The minimum absolute atomic E-state index is 0.146. The van der Waals surface area contributed by atoms with Crippen LogP contribution < -0.4 is 5.73 Å². The molecule has 0 fully saturated rings. The standard InChI is InChI=1S/C14H16N2O2S/c1-9(2)11-12(19-14(15)16-11)13(17)18-8-10-6-4-3-5-7-10/h3-7,9H,8H2,1-2H3,(H2,15,16). The molecule has 1 aromatic heterocycles. The topological polar surface area (TPSA) is 65.2 Å². The maximum atomic E-state index is 12.0. The first-order valence-electron chi connectivity index (χ1n) is 6.05. The van der Waals surface area contributed by atoms with Gasteiger partial charge in [-0.15, -0.1) is 0 Å². The molecular weight excluding hydrogens is 260 g/mol. The van der Waals surface area contributed by atoms with E-state index in [1.165, 1.54) is 11.3 Å². The van der Waals surface area contributed by atoms with Crippen molar-refractivity contribution in [3.05, 3.63) is 46.5 Å². The molecule has 100 valence electrons. The molecule has 2 rings (SSSR count). The van der Waals surface area contributed by atoms with Crippen LogP contribution in [0.15, 0.2) is 30.3 Å². The van der Waals surface area contributed by atoms with Crippen molar-refractivity contribution in [2.75, 3.05) is 5.73 Å². The maximum Gasteiger partial charge on any atom is 0.350 e. The van der Waals surface area contributed by atoms with Gasteiger partial charge in [0.2, 0.25) is 0 Å². The van der Waals surface area contributed by atoms with E-state index in [1.807, 2.05) is 44.2 Å². The Hall–Kier alpha value is -1.88. The number of anilines is 1. The van der Waals surface area contributed by atoms with E-state index in [0.29, 0.717) is 15.7 Å². The van der Waals surface area contributed by atoms with Crippen LogP contribution in [0.25, 0.3) is 0 Å². The minimum atomic E-state index is -0.359. The van der Waals surface area contributed by atoms with Crippen LogP contribution in [0.4, 0.5) is 5.13 Å². The first kappa shape index (κ1) is 13.5. The van der Waals surface area contributed by atoms with Crippen LogP contribution >= 0.6 is 11.3 Å². The Morgan fingerprint density at radius 3 is 2.68 bits per heavy atom. The number of aromatic nitrogens is 1. The zero-order valence-corrected chi connectivity index (χ0v) is 11.7. The van der Waals surface area contributed by atoms with Gasteiger partial charge in [0.1, 0.15) is 11.5 Å². The van der Waals surface area contributed by atoms with E-state index in [2.05, 4.69) is 4.98 Å². The number of carbonyl (C=O) groups is 1. The van der Waals surface area contributed by atoms with Crippen LogP contribution in [0.5, 0.6) is 0 Å². The van der Waals surface area contributed by atoms with Crippen molar-refractivity contribution in [2.24, 2.45) is 0 Å². The Bertz CT molecular complexity index is 564. The Morgan fingerprint density at radius 2 is 2.05 bits per heavy atom. The number of hydrogen-bond acceptors (Lipinski definition) is 5. The Kier molecular flexibility index (Phi) is 4.16. The number of rotatable bonds is 4. The van der Waals surface area contributed by atoms with Gasteiger partial charge in [-0.3, -0.25) is 0 Å². The molecule has 0 radical (unpaired) electrons. The van der Waals surface area contributed by atoms with Crippen molar-refractivity contribution >= 4 is 22.4 Å². The minimum Gasteiger partial charge on any atom is -0.457 e. The summed E-state index contributed by atoms with van der Waals surface area (Å²) in [6, 6.07) is 9.57. The molecule has 5 heteroatoms. The molecule has 4 nitrogen and oxygen atoms in total. The fourth-order valence-electron chi connectivity index (χ4n) is 1.68. The molecular formula is C14H16N2O2S. The van der Waals surface area contributed by atoms with Gasteiger partial charge in [-0.05, 0) is 11.5 Å². The summed E-state index contributed by atoms with van der Waals surface area (Å²) >= 11 is 1.18. The van der Waals surface area contributed by atoms with Gasteiger partial charge in [0.15, 0.2) is 5.13 Å². The van der Waals surface area contributed by atoms with Crippen LogP contribution in [0.2, 0.25) is 0 Å². The van der Waals surface area contributed by atoms with Crippen LogP contribution in [-0.4, -0.2) is 11.0 Å². The number of benzene rings is 1. The lowest BCUT2D eigenvalue weighted by Crippen LogP contribution is -2.07. The summed E-state index contributed by atoms with van der Waals surface area (Å²) in [6.07, 6.45) is 0. The highest BCUT2D eigenvalue weighted by atomic mass is 32.1. The normalized spacial score (nSPS) is 10.7. The Morgan fingerprint density at radius 1 is 1.37 bits per heavy atom. The van der Waals surface area contributed by atoms with E-state index in [9.17, 15) is 4.79 Å². The van der Waals surface area contributed by atoms with Gasteiger partial charge >= 0.3 is 5.97 Å². The summed E-state index contributed by atoms with van der Waals surface area (Å²) < 4.78 is 5.29. The zero-order valence-electron chi connectivity index (χ0n) is 10.9. The molecule has 0 atom stereocenters. The number of nitrogens with zero attached hydrogens (tertiary/aromatic N) is 1. The quantitative estimate of drug-likeness (QED) is 0.871. The highest BCUT2D eigenvalue weighted by Crippen LogP contribution is 2.27. The second-order valence-corrected chi connectivity index (χ2v) is 5.51. The van der Waals surface area contributed by atoms with E-state index in [1.54, 1.807) is 0 Å². The molecule has 2 aromatic rings. The van der Waals surface area contributed by atoms with E-state index < -0.39 is 0 Å². The van der Waals surface area contributed by atoms with Gasteiger partial charge in [-0.1, -0.05) is 55.5 Å². The predicted molar refractivity (Wildman–Crippen MR) is 76.2 cm³/mol. The average Bonchev–Trinajstić information content (AvgIpc) is 2.79. The van der Waals surface area contributed by atoms with Crippen molar-refractivity contribution < 1.29 is 9.53 Å². The largest absolute Gasteiger partial charge is 0.457 e. The molecule has 0 amide bonds. The molecule has 2 N–H and O–H groups in total. The van der Waals surface area contributed by atoms with E-state index in [-0.39, 0.29) is 18.5 Å². The number of thiazole rings is 1. The molecule has 0 unspecified atom stereocenters. The molecule has 0 aliphatic heterocycles. The molecule has 0 aliphatic rings. The first-order valence-corrected chi connectivity index (χ1v) is 6.87. The molecule has 0 spiro atoms. The van der Waals surface area contributed by atoms with E-state index in [4.69, 9.17) is 10.5 Å². The van der Waals surface area contributed by atoms with E-state index in [0.717, 1.165) is 5.56 Å². The highest BCUT2D eigenvalue weighted by Gasteiger charge is 2.20. The highest BCUT2D eigenvalue weighted by molar-refractivity contribution is 7.17. The molecule has 1 aromatic carbocycles. The zero-order chi connectivity index (χ0) is 13.8. The van der Waals surface area contributed by atoms with Crippen LogP contribution in [-0.2, 0) is 11.3 Å². The number of nitrogens with two attached hydrogens (primary N) is 1. The third kappa shape index (κ3) is 3.32. The number of esters is 1. The van der Waals surface area contributed by atoms with Crippen LogP contribution in [0.1, 0.15) is 40.7 Å². The summed E-state index contributed by atoms with van der Waals surface area (Å²) in [6.45, 7) is 4.21. The fraction of sp³-hybridized carbons (Fsp3) is 0.286. The molecule has 0 saturated heterocycles. The lowest BCUT2D eigenvalue weighted by Gasteiger charge is -2.06. The number of nitrogen functional groups attached to an aromatic ring is 1. The van der Waals surface area contributed by atoms with Gasteiger partial charge in [-0.25, -0.2) is 9.78 Å². The predicted octanol–water partition coefficient (Wildman–Crippen LogP) is 3.21. The monoisotopic (exact) mass is 276 g/mol. The van der Waals surface area contributed by atoms with Gasteiger partial charge in [0.25, 0.3) is 0 Å². The summed E-state index contributed by atoms with van der Waals surface area (Å²) in [5.74, 6) is -0.213. The fourth-order valence-corrected chi connectivity index (χ4v) is 2.56. The number of carbonyl (C=O) groups excluding carboxylic acids is 1. The summed E-state index contributed by atoms with van der Waals surface area (Å²) in [4.78, 5) is 16.7. The lowest BCUT2D eigenvalue weighted by atomic mass is 10.1. The van der Waals surface area contributed by atoms with Gasteiger partial charge in [-0.2, -0.15) is 0 Å². The van der Waals surface area contributed by atoms with Crippen molar-refractivity contribution in [1.29, 1.82) is 0 Å². The Balaban J connectivity index is 2.08. The first-order chi connectivity index (χ1) is 9.08. The molecule has 19 heavy (non-hydrogen) atoms. The maximum absolute atomic E-state index is 12.0. The third-order valence-corrected chi connectivity index (χ3v) is 3.50. The lowest BCUT2D eigenvalue weighted by molar-refractivity contribution is 0.0476. The van der Waals surface area contributed by atoms with Gasteiger partial charge in [0.05, 0.1) is 5.69 Å². The molecule has 0 saturated carbocycles. The summed E-state index contributed by atoms with van der Waals surface area (Å²) in [7, 11) is 0. The van der Waals surface area contributed by atoms with E-state index >= 15 is 0 Å². The van der Waals surface area contributed by atoms with Crippen molar-refractivity contribution in [3.8, 4) is 0 Å². The molecule has 1 heterocycles. The van der Waals surface area contributed by atoms with Crippen molar-refractivity contribution in [1.82, 2.24) is 4.98 Å². The average molecular weight is 276 g/mol. The third-order valence-electron chi connectivity index (χ3n) is 2.61.